The van der Waals surface area contributed by atoms with Crippen LogP contribution in [0.25, 0.3) is 0 Å². The third-order valence-corrected chi connectivity index (χ3v) is 4.56. The van der Waals surface area contributed by atoms with E-state index in [2.05, 4.69) is 0 Å². The van der Waals surface area contributed by atoms with Crippen LogP contribution in [0.2, 0.25) is 0 Å². The Hall–Kier alpha value is -0.940. The van der Waals surface area contributed by atoms with Crippen molar-refractivity contribution in [3.63, 3.8) is 0 Å². The van der Waals surface area contributed by atoms with Crippen molar-refractivity contribution in [2.75, 3.05) is 13.2 Å². The highest BCUT2D eigenvalue weighted by Crippen LogP contribution is 2.46. The van der Waals surface area contributed by atoms with Crippen molar-refractivity contribution in [3.05, 3.63) is 0 Å². The van der Waals surface area contributed by atoms with Crippen LogP contribution in [0.4, 0.5) is 0 Å². The van der Waals surface area contributed by atoms with Crippen LogP contribution in [0.15, 0.2) is 0 Å². The van der Waals surface area contributed by atoms with Gasteiger partial charge in [0, 0.05) is 19.2 Å². The molecule has 2 aliphatic carbocycles. The number of likely N-dealkylation sites (tertiary alicyclic amines) is 1. The summed E-state index contributed by atoms with van der Waals surface area (Å²) >= 11 is 0. The van der Waals surface area contributed by atoms with Gasteiger partial charge in [-0.05, 0) is 38.5 Å². The van der Waals surface area contributed by atoms with Gasteiger partial charge in [-0.3, -0.25) is 14.5 Å². The van der Waals surface area contributed by atoms with E-state index in [4.69, 9.17) is 10.5 Å². The molecule has 19 heavy (non-hydrogen) atoms. The fraction of sp³-hybridized carbons (Fsp3) is 0.857. The van der Waals surface area contributed by atoms with Crippen LogP contribution in [0.1, 0.15) is 38.5 Å². The first kappa shape index (κ1) is 13.1. The highest BCUT2D eigenvalue weighted by molar-refractivity contribution is 6.08. The minimum Gasteiger partial charge on any atom is -0.378 e. The number of ether oxygens (including phenoxy) is 1. The number of carbonyl (C=O) groups excluding carboxylic acids is 2. The molecule has 2 N–H and O–H groups in total. The molecule has 1 heterocycles. The van der Waals surface area contributed by atoms with Crippen molar-refractivity contribution < 1.29 is 14.3 Å². The Bertz CT molecular complexity index is 357. The van der Waals surface area contributed by atoms with Crippen LogP contribution in [0.3, 0.4) is 0 Å². The molecule has 0 spiro atoms. The van der Waals surface area contributed by atoms with Gasteiger partial charge in [-0.15, -0.1) is 0 Å². The number of rotatable bonds is 5. The normalized spacial score (nSPS) is 37.6. The van der Waals surface area contributed by atoms with Crippen LogP contribution in [-0.2, 0) is 14.3 Å². The van der Waals surface area contributed by atoms with E-state index in [-0.39, 0.29) is 23.7 Å². The zero-order chi connectivity index (χ0) is 13.4. The molecule has 106 valence electrons. The highest BCUT2D eigenvalue weighted by atomic mass is 16.5. The Morgan fingerprint density at radius 1 is 1.11 bits per heavy atom. The Labute approximate surface area is 113 Å². The third kappa shape index (κ3) is 2.67. The molecule has 0 radical (unpaired) electrons. The van der Waals surface area contributed by atoms with E-state index in [0.717, 1.165) is 38.5 Å². The number of hydrogen-bond acceptors (Lipinski definition) is 4. The maximum Gasteiger partial charge on any atom is 0.233 e. The highest BCUT2D eigenvalue weighted by Gasteiger charge is 2.58. The van der Waals surface area contributed by atoms with Crippen LogP contribution in [-0.4, -0.2) is 42.0 Å². The quantitative estimate of drug-likeness (QED) is 0.586. The Morgan fingerprint density at radius 3 is 2.37 bits per heavy atom. The van der Waals surface area contributed by atoms with Gasteiger partial charge >= 0.3 is 0 Å². The summed E-state index contributed by atoms with van der Waals surface area (Å²) in [5.74, 6) is 0.124. The number of nitrogens with two attached hydrogens (primary N) is 1. The maximum atomic E-state index is 11.7. The first-order valence-corrected chi connectivity index (χ1v) is 7.39. The number of piperidine rings is 1. The summed E-state index contributed by atoms with van der Waals surface area (Å²) in [6.07, 6.45) is 6.00. The van der Waals surface area contributed by atoms with E-state index in [1.54, 1.807) is 0 Å². The molecule has 0 bridgehead atoms. The predicted molar refractivity (Wildman–Crippen MR) is 69.1 cm³/mol. The first-order chi connectivity index (χ1) is 9.16. The molecule has 2 amide bonds. The Morgan fingerprint density at radius 2 is 1.74 bits per heavy atom. The predicted octanol–water partition coefficient (Wildman–Crippen LogP) is 0.668. The van der Waals surface area contributed by atoms with Crippen molar-refractivity contribution in [2.45, 2.75) is 50.7 Å². The van der Waals surface area contributed by atoms with Gasteiger partial charge in [-0.2, -0.15) is 0 Å². The molecular formula is C14H22N2O3. The molecule has 3 fully saturated rings. The van der Waals surface area contributed by atoms with Crippen LogP contribution >= 0.6 is 0 Å². The summed E-state index contributed by atoms with van der Waals surface area (Å²) in [7, 11) is 0. The zero-order valence-corrected chi connectivity index (χ0v) is 11.2. The molecule has 1 saturated heterocycles. The second-order valence-corrected chi connectivity index (χ2v) is 6.04. The fourth-order valence-electron chi connectivity index (χ4n) is 3.20. The van der Waals surface area contributed by atoms with Gasteiger partial charge < -0.3 is 10.5 Å². The van der Waals surface area contributed by atoms with Gasteiger partial charge in [0.05, 0.1) is 17.9 Å². The number of imide groups is 1. The average molecular weight is 266 g/mol. The van der Waals surface area contributed by atoms with E-state index < -0.39 is 0 Å². The van der Waals surface area contributed by atoms with E-state index in [9.17, 15) is 9.59 Å². The molecule has 2 unspecified atom stereocenters. The molecule has 2 atom stereocenters. The summed E-state index contributed by atoms with van der Waals surface area (Å²) < 4.78 is 5.79. The molecule has 5 heteroatoms. The topological polar surface area (TPSA) is 72.6 Å². The molecule has 0 aromatic heterocycles. The maximum absolute atomic E-state index is 11.7. The lowest BCUT2D eigenvalue weighted by atomic mass is 9.94. The smallest absolute Gasteiger partial charge is 0.233 e. The van der Waals surface area contributed by atoms with E-state index in [1.807, 2.05) is 0 Å². The second-order valence-electron chi connectivity index (χ2n) is 6.04. The Kier molecular flexibility index (Phi) is 3.58. The van der Waals surface area contributed by atoms with Gasteiger partial charge in [0.25, 0.3) is 0 Å². The van der Waals surface area contributed by atoms with E-state index >= 15 is 0 Å². The Balaban J connectivity index is 1.33. The minimum atomic E-state index is 0.0215. The van der Waals surface area contributed by atoms with Crippen LogP contribution < -0.4 is 5.73 Å². The lowest BCUT2D eigenvalue weighted by Crippen LogP contribution is -2.35. The van der Waals surface area contributed by atoms with Gasteiger partial charge in [-0.1, -0.05) is 0 Å². The fourth-order valence-corrected chi connectivity index (χ4v) is 3.20. The third-order valence-electron chi connectivity index (χ3n) is 4.56. The average Bonchev–Trinajstić information content (AvgIpc) is 3.15. The van der Waals surface area contributed by atoms with Crippen molar-refractivity contribution in [3.8, 4) is 0 Å². The number of nitrogens with zero attached hydrogens (tertiary/aromatic N) is 1. The standard InChI is InChI=1S/C14H22N2O3/c15-9-2-4-10(5-3-9)19-7-1-6-16-13(17)11-8-12(11)14(16)18/h9-12H,1-8,15H2. The number of hydrogen-bond donors (Lipinski definition) is 1. The summed E-state index contributed by atoms with van der Waals surface area (Å²) in [5, 5.41) is 0. The van der Waals surface area contributed by atoms with Crippen molar-refractivity contribution >= 4 is 11.8 Å². The van der Waals surface area contributed by atoms with Gasteiger partial charge in [0.15, 0.2) is 0 Å². The van der Waals surface area contributed by atoms with Crippen molar-refractivity contribution in [1.82, 2.24) is 4.90 Å². The number of amides is 2. The molecule has 1 aliphatic heterocycles. The molecule has 5 nitrogen and oxygen atoms in total. The van der Waals surface area contributed by atoms with E-state index in [0.29, 0.717) is 25.3 Å². The molecule has 3 aliphatic rings. The number of carbonyl (C=O) groups is 2. The molecule has 3 rings (SSSR count). The zero-order valence-electron chi connectivity index (χ0n) is 11.2. The summed E-state index contributed by atoms with van der Waals surface area (Å²) in [6.45, 7) is 1.16. The van der Waals surface area contributed by atoms with E-state index in [1.165, 1.54) is 4.90 Å². The molecule has 0 aromatic carbocycles. The van der Waals surface area contributed by atoms with Gasteiger partial charge in [0.2, 0.25) is 11.8 Å². The van der Waals surface area contributed by atoms with Crippen LogP contribution in [0.5, 0.6) is 0 Å². The largest absolute Gasteiger partial charge is 0.378 e. The minimum absolute atomic E-state index is 0.0215. The van der Waals surface area contributed by atoms with Crippen LogP contribution in [0, 0.1) is 11.8 Å². The van der Waals surface area contributed by atoms with Crippen molar-refractivity contribution in [2.24, 2.45) is 17.6 Å². The molecular weight excluding hydrogens is 244 g/mol. The summed E-state index contributed by atoms with van der Waals surface area (Å²) in [4.78, 5) is 24.9. The monoisotopic (exact) mass is 266 g/mol. The number of fused-ring (bicyclic) bond motifs is 1. The lowest BCUT2D eigenvalue weighted by Gasteiger charge is -2.26. The SMILES string of the molecule is NC1CCC(OCCCN2C(=O)C3CC3C2=O)CC1. The molecule has 2 saturated carbocycles. The first-order valence-electron chi connectivity index (χ1n) is 7.39. The summed E-state index contributed by atoms with van der Waals surface area (Å²) in [6, 6.07) is 0.339. The second kappa shape index (κ2) is 5.21. The van der Waals surface area contributed by atoms with Crippen molar-refractivity contribution in [1.29, 1.82) is 0 Å². The molecule has 0 aromatic rings. The van der Waals surface area contributed by atoms with Gasteiger partial charge in [0.1, 0.15) is 0 Å². The lowest BCUT2D eigenvalue weighted by molar-refractivity contribution is -0.141. The van der Waals surface area contributed by atoms with Gasteiger partial charge in [-0.25, -0.2) is 0 Å². The summed E-state index contributed by atoms with van der Waals surface area (Å²) in [5.41, 5.74) is 5.84.